The number of carbonyl (C=O) groups excluding carboxylic acids is 2. The summed E-state index contributed by atoms with van der Waals surface area (Å²) in [5, 5.41) is 10.2. The first-order valence-electron chi connectivity index (χ1n) is 8.61. The van der Waals surface area contributed by atoms with Crippen LogP contribution in [-0.4, -0.2) is 55.0 Å². The maximum atomic E-state index is 12.7. The minimum absolute atomic E-state index is 0.105. The van der Waals surface area contributed by atoms with Gasteiger partial charge in [0.15, 0.2) is 0 Å². The molecule has 1 fully saturated rings. The van der Waals surface area contributed by atoms with Gasteiger partial charge in [-0.3, -0.25) is 14.9 Å². The van der Waals surface area contributed by atoms with E-state index in [1.54, 1.807) is 12.1 Å². The van der Waals surface area contributed by atoms with E-state index < -0.39 is 10.0 Å². The second-order valence-corrected chi connectivity index (χ2v) is 9.48. The lowest BCUT2D eigenvalue weighted by Gasteiger charge is -2.28. The van der Waals surface area contributed by atoms with Gasteiger partial charge in [0, 0.05) is 18.7 Å². The summed E-state index contributed by atoms with van der Waals surface area (Å²) in [6.45, 7) is 2.32. The molecule has 1 N–H and O–H groups in total. The number of piperidine rings is 1. The Hall–Kier alpha value is -2.37. The van der Waals surface area contributed by atoms with Crippen molar-refractivity contribution in [3.63, 3.8) is 0 Å². The topological polar surface area (TPSA) is 119 Å². The Morgan fingerprint density at radius 3 is 2.43 bits per heavy atom. The summed E-state index contributed by atoms with van der Waals surface area (Å²) in [6.07, 6.45) is 0.781. The summed E-state index contributed by atoms with van der Waals surface area (Å²) in [6, 6.07) is 6.97. The molecule has 9 nitrogen and oxygen atoms in total. The minimum atomic E-state index is -3.83. The molecular weight excluding hydrogens is 404 g/mol. The summed E-state index contributed by atoms with van der Waals surface area (Å²) in [5.74, 6) is -1.01. The van der Waals surface area contributed by atoms with Gasteiger partial charge in [0.2, 0.25) is 9.47 Å². The predicted molar refractivity (Wildman–Crippen MR) is 103 cm³/mol. The molecule has 0 unspecified atom stereocenters. The van der Waals surface area contributed by atoms with Crippen LogP contribution >= 0.6 is 11.3 Å². The van der Waals surface area contributed by atoms with Gasteiger partial charge in [-0.25, -0.2) is 8.42 Å². The van der Waals surface area contributed by atoms with Crippen LogP contribution in [0.4, 0.5) is 5.13 Å². The van der Waals surface area contributed by atoms with Gasteiger partial charge in [0.1, 0.15) is 0 Å². The lowest BCUT2D eigenvalue weighted by atomic mass is 9.99. The van der Waals surface area contributed by atoms with E-state index in [0.29, 0.717) is 18.4 Å². The van der Waals surface area contributed by atoms with Gasteiger partial charge in [-0.1, -0.05) is 29.0 Å². The number of nitrogens with one attached hydrogen (secondary N) is 1. The van der Waals surface area contributed by atoms with E-state index in [-0.39, 0.29) is 40.4 Å². The van der Waals surface area contributed by atoms with Crippen molar-refractivity contribution < 1.29 is 22.7 Å². The molecule has 3 rings (SSSR count). The molecule has 28 heavy (non-hydrogen) atoms. The van der Waals surface area contributed by atoms with Crippen molar-refractivity contribution in [2.45, 2.75) is 24.1 Å². The van der Waals surface area contributed by atoms with Crippen molar-refractivity contribution in [3.8, 4) is 0 Å². The van der Waals surface area contributed by atoms with E-state index in [2.05, 4.69) is 15.5 Å². The number of aryl methyl sites for hydroxylation is 1. The van der Waals surface area contributed by atoms with E-state index in [4.69, 9.17) is 4.74 Å². The number of sulfonamides is 1. The number of hydrogen-bond acceptors (Lipinski definition) is 8. The number of esters is 1. The third-order valence-electron chi connectivity index (χ3n) is 4.49. The smallest absolute Gasteiger partial charge is 0.308 e. The largest absolute Gasteiger partial charge is 0.469 e. The molecule has 0 atom stereocenters. The zero-order valence-electron chi connectivity index (χ0n) is 15.4. The highest BCUT2D eigenvalue weighted by Gasteiger charge is 2.34. The van der Waals surface area contributed by atoms with Crippen LogP contribution in [0.3, 0.4) is 0 Å². The molecule has 1 amide bonds. The molecule has 2 heterocycles. The minimum Gasteiger partial charge on any atom is -0.469 e. The molecule has 1 aliphatic heterocycles. The second kappa shape index (κ2) is 8.33. The van der Waals surface area contributed by atoms with Gasteiger partial charge >= 0.3 is 5.97 Å². The normalized spacial score (nSPS) is 15.9. The first-order valence-corrected chi connectivity index (χ1v) is 10.9. The monoisotopic (exact) mass is 424 g/mol. The van der Waals surface area contributed by atoms with Crippen LogP contribution in [0.1, 0.15) is 28.8 Å². The molecule has 0 aliphatic carbocycles. The molecule has 1 aromatic heterocycles. The lowest BCUT2D eigenvalue weighted by Crippen LogP contribution is -2.40. The maximum absolute atomic E-state index is 12.7. The summed E-state index contributed by atoms with van der Waals surface area (Å²) in [5.41, 5.74) is 1.46. The number of carbonyl (C=O) groups is 2. The predicted octanol–water partition coefficient (Wildman–Crippen LogP) is 1.67. The summed E-state index contributed by atoms with van der Waals surface area (Å²) in [4.78, 5) is 23.8. The molecule has 11 heteroatoms. The Balaban J connectivity index is 1.66. The third kappa shape index (κ3) is 4.37. The van der Waals surface area contributed by atoms with Crippen LogP contribution in [0.25, 0.3) is 0 Å². The molecule has 150 valence electrons. The van der Waals surface area contributed by atoms with Crippen molar-refractivity contribution in [2.75, 3.05) is 25.5 Å². The van der Waals surface area contributed by atoms with Crippen LogP contribution in [0.15, 0.2) is 28.6 Å². The Morgan fingerprint density at radius 2 is 1.82 bits per heavy atom. The summed E-state index contributed by atoms with van der Waals surface area (Å²) < 4.78 is 31.3. The highest BCUT2D eigenvalue weighted by Crippen LogP contribution is 2.28. The van der Waals surface area contributed by atoms with E-state index in [1.807, 2.05) is 19.1 Å². The van der Waals surface area contributed by atoms with E-state index in [1.165, 1.54) is 11.4 Å². The molecule has 0 saturated carbocycles. The fourth-order valence-electron chi connectivity index (χ4n) is 2.85. The first-order chi connectivity index (χ1) is 13.3. The first kappa shape index (κ1) is 20.4. The second-order valence-electron chi connectivity index (χ2n) is 6.39. The molecule has 2 aromatic rings. The Labute approximate surface area is 166 Å². The number of nitrogens with zero attached hydrogens (tertiary/aromatic N) is 3. The van der Waals surface area contributed by atoms with Gasteiger partial charge < -0.3 is 4.74 Å². The fraction of sp³-hybridized carbons (Fsp3) is 0.412. The molecule has 0 bridgehead atoms. The van der Waals surface area contributed by atoms with Crippen molar-refractivity contribution >= 4 is 38.4 Å². The van der Waals surface area contributed by atoms with Crippen LogP contribution in [0.5, 0.6) is 0 Å². The molecular formula is C17H20N4O5S2. The average molecular weight is 425 g/mol. The maximum Gasteiger partial charge on any atom is 0.308 e. The quantitative estimate of drug-likeness (QED) is 0.573. The van der Waals surface area contributed by atoms with E-state index in [9.17, 15) is 18.0 Å². The number of hydrogen-bond donors (Lipinski definition) is 1. The van der Waals surface area contributed by atoms with Gasteiger partial charge in [-0.05, 0) is 31.9 Å². The summed E-state index contributed by atoms with van der Waals surface area (Å²) in [7, 11) is -2.51. The molecule has 1 aliphatic rings. The van der Waals surface area contributed by atoms with Gasteiger partial charge in [0.05, 0.1) is 13.0 Å². The van der Waals surface area contributed by atoms with Crippen molar-refractivity contribution in [1.82, 2.24) is 14.5 Å². The number of anilines is 1. The van der Waals surface area contributed by atoms with Crippen LogP contribution in [-0.2, 0) is 19.6 Å². The SMILES string of the molecule is COC(=O)C1CCN(S(=O)(=O)c2nnc(NC(=O)c3ccc(C)cc3)s2)CC1. The highest BCUT2D eigenvalue weighted by atomic mass is 32.2. The molecule has 1 aromatic carbocycles. The number of amides is 1. The Kier molecular flexibility index (Phi) is 6.06. The van der Waals surface area contributed by atoms with E-state index in [0.717, 1.165) is 16.9 Å². The van der Waals surface area contributed by atoms with Crippen LogP contribution < -0.4 is 5.32 Å². The van der Waals surface area contributed by atoms with Gasteiger partial charge in [-0.2, -0.15) is 4.31 Å². The zero-order chi connectivity index (χ0) is 20.3. The van der Waals surface area contributed by atoms with Crippen molar-refractivity contribution in [3.05, 3.63) is 35.4 Å². The standard InChI is InChI=1S/C17H20N4O5S2/c1-11-3-5-12(6-4-11)14(22)18-16-19-20-17(27-16)28(24,25)21-9-7-13(8-10-21)15(23)26-2/h3-6,13H,7-10H2,1-2H3,(H,18,19,22). The number of benzene rings is 1. The van der Waals surface area contributed by atoms with Gasteiger partial charge in [-0.15, -0.1) is 10.2 Å². The van der Waals surface area contributed by atoms with Crippen LogP contribution in [0.2, 0.25) is 0 Å². The number of methoxy groups -OCH3 is 1. The van der Waals surface area contributed by atoms with Crippen molar-refractivity contribution in [1.29, 1.82) is 0 Å². The molecule has 0 radical (unpaired) electrons. The fourth-order valence-corrected chi connectivity index (χ4v) is 5.35. The summed E-state index contributed by atoms with van der Waals surface area (Å²) >= 11 is 0.796. The Bertz CT molecular complexity index is 964. The molecule has 0 spiro atoms. The van der Waals surface area contributed by atoms with E-state index >= 15 is 0 Å². The Morgan fingerprint density at radius 1 is 1.18 bits per heavy atom. The third-order valence-corrected chi connectivity index (χ3v) is 7.57. The molecule has 1 saturated heterocycles. The van der Waals surface area contributed by atoms with Crippen molar-refractivity contribution in [2.24, 2.45) is 5.92 Å². The number of rotatable bonds is 5. The lowest BCUT2D eigenvalue weighted by molar-refractivity contribution is -0.146. The van der Waals surface area contributed by atoms with Gasteiger partial charge in [0.25, 0.3) is 15.9 Å². The zero-order valence-corrected chi connectivity index (χ0v) is 17.0. The highest BCUT2D eigenvalue weighted by molar-refractivity contribution is 7.91. The van der Waals surface area contributed by atoms with Crippen LogP contribution in [0, 0.1) is 12.8 Å². The number of aromatic nitrogens is 2. The number of ether oxygens (including phenoxy) is 1. The average Bonchev–Trinajstić information content (AvgIpc) is 3.17.